The second-order valence-corrected chi connectivity index (χ2v) is 11.7. The molecular weight excluding hydrogens is 572 g/mol. The second kappa shape index (κ2) is 13.0. The average Bonchev–Trinajstić information content (AvgIpc) is 3.43. The Bertz CT molecular complexity index is 1680. The number of likely N-dealkylation sites (tertiary alicyclic amines) is 1. The Morgan fingerprint density at radius 2 is 1.79 bits per heavy atom. The van der Waals surface area contributed by atoms with Gasteiger partial charge in [0.1, 0.15) is 6.61 Å². The third kappa shape index (κ3) is 7.00. The van der Waals surface area contributed by atoms with Gasteiger partial charge in [-0.05, 0) is 48.2 Å². The minimum absolute atomic E-state index is 0.0276. The summed E-state index contributed by atoms with van der Waals surface area (Å²) in [5, 5.41) is -0.195. The molecule has 13 heteroatoms. The lowest BCUT2D eigenvalue weighted by Gasteiger charge is -2.19. The number of carbonyl (C=O) groups is 1. The Kier molecular flexibility index (Phi) is 9.00. The molecule has 0 saturated carbocycles. The molecule has 1 fully saturated rings. The third-order valence-electron chi connectivity index (χ3n) is 6.76. The number of pyridine rings is 2. The molecule has 0 atom stereocenters. The maximum Gasteiger partial charge on any atom is 0.280 e. The van der Waals surface area contributed by atoms with E-state index in [9.17, 15) is 13.2 Å². The summed E-state index contributed by atoms with van der Waals surface area (Å²) in [4.78, 5) is 31.2. The molecule has 224 valence electrons. The van der Waals surface area contributed by atoms with E-state index < -0.39 is 10.0 Å². The molecule has 1 amide bonds. The summed E-state index contributed by atoms with van der Waals surface area (Å²) < 4.78 is 47.4. The summed E-state index contributed by atoms with van der Waals surface area (Å²) in [6.07, 6.45) is 5.96. The number of anilines is 1. The number of rotatable bonds is 12. The highest BCUT2D eigenvalue weighted by molar-refractivity contribution is 7.92. The van der Waals surface area contributed by atoms with Crippen LogP contribution in [0, 0.1) is 0 Å². The summed E-state index contributed by atoms with van der Waals surface area (Å²) in [5.41, 5.74) is 1.46. The topological polar surface area (TPSA) is 146 Å². The molecule has 43 heavy (non-hydrogen) atoms. The maximum atomic E-state index is 13.6. The van der Waals surface area contributed by atoms with Gasteiger partial charge in [-0.25, -0.2) is 9.97 Å². The number of ether oxygens (including phenoxy) is 3. The van der Waals surface area contributed by atoms with Crippen molar-refractivity contribution < 1.29 is 27.4 Å². The predicted octanol–water partition coefficient (Wildman–Crippen LogP) is 4.66. The number of sulfonamides is 1. The highest BCUT2D eigenvalue weighted by atomic mass is 32.2. The molecule has 3 aromatic heterocycles. The van der Waals surface area contributed by atoms with Gasteiger partial charge in [0, 0.05) is 37.1 Å². The number of hydrogen-bond acceptors (Lipinski definition) is 10. The summed E-state index contributed by atoms with van der Waals surface area (Å²) in [5.74, 6) is 0.797. The second-order valence-electron chi connectivity index (χ2n) is 10.0. The number of aromatic nitrogens is 4. The summed E-state index contributed by atoms with van der Waals surface area (Å²) in [7, 11) is -2.73. The summed E-state index contributed by atoms with van der Waals surface area (Å²) >= 11 is 0. The van der Waals surface area contributed by atoms with Crippen molar-refractivity contribution in [1.29, 1.82) is 0 Å². The first-order chi connectivity index (χ1) is 20.7. The van der Waals surface area contributed by atoms with Crippen LogP contribution in [0.4, 0.5) is 5.82 Å². The van der Waals surface area contributed by atoms with Crippen molar-refractivity contribution in [2.24, 2.45) is 0 Å². The zero-order valence-electron chi connectivity index (χ0n) is 24.1. The number of methoxy groups -OCH3 is 1. The molecule has 5 rings (SSSR count). The number of carbonyl (C=O) groups excluding carboxylic acids is 1. The molecule has 1 N–H and O–H groups in total. The van der Waals surface area contributed by atoms with E-state index in [0.717, 1.165) is 12.0 Å². The van der Waals surface area contributed by atoms with E-state index in [4.69, 9.17) is 14.2 Å². The van der Waals surface area contributed by atoms with Crippen LogP contribution < -0.4 is 18.9 Å². The smallest absolute Gasteiger partial charge is 0.280 e. The van der Waals surface area contributed by atoms with E-state index in [1.54, 1.807) is 59.8 Å². The van der Waals surface area contributed by atoms with Gasteiger partial charge in [0.05, 0.1) is 13.7 Å². The lowest BCUT2D eigenvalue weighted by molar-refractivity contribution is -0.128. The van der Waals surface area contributed by atoms with Gasteiger partial charge in [0.25, 0.3) is 15.9 Å². The Balaban J connectivity index is 1.59. The first-order valence-electron chi connectivity index (χ1n) is 13.8. The van der Waals surface area contributed by atoms with E-state index in [1.807, 2.05) is 13.8 Å². The SMILES string of the molecule is COc1ccccc1Oc1c(NS(=O)(=O)c2ccc(C(C)C)cn2)nc(-c2ccncc2)nc1OCCN1CCCC1=O. The number of benzene rings is 1. The fourth-order valence-corrected chi connectivity index (χ4v) is 5.33. The molecule has 1 aliphatic rings. The average molecular weight is 605 g/mol. The number of amides is 1. The van der Waals surface area contributed by atoms with E-state index in [1.165, 1.54) is 19.4 Å². The molecule has 1 aliphatic heterocycles. The van der Waals surface area contributed by atoms with Crippen LogP contribution in [-0.2, 0) is 14.8 Å². The van der Waals surface area contributed by atoms with Crippen molar-refractivity contribution in [3.05, 3.63) is 72.7 Å². The van der Waals surface area contributed by atoms with Gasteiger partial charge in [-0.3, -0.25) is 14.5 Å². The quantitative estimate of drug-likeness (QED) is 0.242. The number of nitrogens with one attached hydrogen (secondary N) is 1. The van der Waals surface area contributed by atoms with Crippen LogP contribution in [0.5, 0.6) is 23.1 Å². The highest BCUT2D eigenvalue weighted by Crippen LogP contribution is 2.41. The molecule has 0 radical (unpaired) electrons. The van der Waals surface area contributed by atoms with E-state index >= 15 is 0 Å². The van der Waals surface area contributed by atoms with E-state index in [2.05, 4.69) is 24.7 Å². The van der Waals surface area contributed by atoms with Crippen LogP contribution in [0.1, 0.15) is 38.2 Å². The molecule has 12 nitrogen and oxygen atoms in total. The first kappa shape index (κ1) is 29.7. The van der Waals surface area contributed by atoms with Gasteiger partial charge >= 0.3 is 0 Å². The number of hydrogen-bond donors (Lipinski definition) is 1. The van der Waals surface area contributed by atoms with Crippen molar-refractivity contribution in [3.63, 3.8) is 0 Å². The van der Waals surface area contributed by atoms with E-state index in [0.29, 0.717) is 30.8 Å². The third-order valence-corrected chi connectivity index (χ3v) is 8.01. The van der Waals surface area contributed by atoms with Crippen molar-refractivity contribution >= 4 is 21.7 Å². The minimum atomic E-state index is -4.23. The molecule has 0 spiro atoms. The van der Waals surface area contributed by atoms with Gasteiger partial charge in [-0.1, -0.05) is 32.0 Å². The molecule has 0 bridgehead atoms. The lowest BCUT2D eigenvalue weighted by atomic mass is 10.1. The maximum absolute atomic E-state index is 13.6. The molecule has 1 aromatic carbocycles. The molecule has 4 heterocycles. The number of para-hydroxylation sites is 2. The molecule has 0 unspecified atom stereocenters. The summed E-state index contributed by atoms with van der Waals surface area (Å²) in [6.45, 7) is 5.05. The fraction of sp³-hybridized carbons (Fsp3) is 0.300. The van der Waals surface area contributed by atoms with Gasteiger partial charge in [-0.2, -0.15) is 13.4 Å². The fourth-order valence-electron chi connectivity index (χ4n) is 4.40. The van der Waals surface area contributed by atoms with Crippen LogP contribution in [0.15, 0.2) is 72.1 Å². The largest absolute Gasteiger partial charge is 0.493 e. The highest BCUT2D eigenvalue weighted by Gasteiger charge is 2.27. The molecular formula is C30H32N6O6S. The van der Waals surface area contributed by atoms with Gasteiger partial charge < -0.3 is 19.1 Å². The Morgan fingerprint density at radius 3 is 2.44 bits per heavy atom. The minimum Gasteiger partial charge on any atom is -0.493 e. The number of nitrogens with zero attached hydrogens (tertiary/aromatic N) is 5. The monoisotopic (exact) mass is 604 g/mol. The zero-order chi connectivity index (χ0) is 30.4. The van der Waals surface area contributed by atoms with Crippen LogP contribution >= 0.6 is 0 Å². The Morgan fingerprint density at radius 1 is 1.02 bits per heavy atom. The zero-order valence-corrected chi connectivity index (χ0v) is 24.9. The van der Waals surface area contributed by atoms with Crippen LogP contribution in [0.25, 0.3) is 11.4 Å². The van der Waals surface area contributed by atoms with Crippen LogP contribution in [0.2, 0.25) is 0 Å². The van der Waals surface area contributed by atoms with Crippen molar-refractivity contribution in [2.75, 3.05) is 31.5 Å². The van der Waals surface area contributed by atoms with E-state index in [-0.39, 0.29) is 52.5 Å². The van der Waals surface area contributed by atoms with Crippen molar-refractivity contribution in [2.45, 2.75) is 37.6 Å². The first-order valence-corrected chi connectivity index (χ1v) is 15.3. The Labute approximate surface area is 250 Å². The summed E-state index contributed by atoms with van der Waals surface area (Å²) in [6, 6.07) is 13.4. The standard InChI is InChI=1S/C30H32N6O6S/c1-20(2)22-10-11-25(32-19-22)43(38,39)35-29-27(42-24-8-5-4-7-23(24)40-3)30(41-18-17-36-16-6-9-26(36)37)34-28(33-29)21-12-14-31-15-13-21/h4-5,7-8,10-15,19-20H,6,9,16-18H2,1-3H3,(H,33,34,35). The Hall–Kier alpha value is -4.78. The van der Waals surface area contributed by atoms with Gasteiger partial charge in [0.15, 0.2) is 28.2 Å². The van der Waals surface area contributed by atoms with Crippen LogP contribution in [0.3, 0.4) is 0 Å². The van der Waals surface area contributed by atoms with Crippen molar-refractivity contribution in [3.8, 4) is 34.5 Å². The normalized spacial score (nSPS) is 13.3. The van der Waals surface area contributed by atoms with Crippen LogP contribution in [-0.4, -0.2) is 66.0 Å². The van der Waals surface area contributed by atoms with Gasteiger partial charge in [0.2, 0.25) is 11.7 Å². The predicted molar refractivity (Wildman–Crippen MR) is 159 cm³/mol. The molecule has 4 aromatic rings. The van der Waals surface area contributed by atoms with Gasteiger partial charge in [-0.15, -0.1) is 0 Å². The lowest BCUT2D eigenvalue weighted by Crippen LogP contribution is -2.29. The van der Waals surface area contributed by atoms with Crippen molar-refractivity contribution in [1.82, 2.24) is 24.8 Å². The molecule has 1 saturated heterocycles. The molecule has 0 aliphatic carbocycles.